The molecule has 1 heterocycles. The van der Waals surface area contributed by atoms with Crippen molar-refractivity contribution in [2.75, 3.05) is 4.90 Å². The highest BCUT2D eigenvalue weighted by Gasteiger charge is 2.34. The Balaban J connectivity index is 1.83. The molecule has 0 aliphatic carbocycles. The number of anilines is 2. The number of hydrogen-bond acceptors (Lipinski definition) is 3. The van der Waals surface area contributed by atoms with E-state index < -0.39 is 0 Å². The number of carbonyl (C=O) groups is 1. The molecule has 4 rings (SSSR count). The van der Waals surface area contributed by atoms with Crippen LogP contribution in [0, 0.1) is 0 Å². The highest BCUT2D eigenvalue weighted by molar-refractivity contribution is 9.10. The maximum atomic E-state index is 13.0. The van der Waals surface area contributed by atoms with Crippen LogP contribution in [0.3, 0.4) is 0 Å². The summed E-state index contributed by atoms with van der Waals surface area (Å²) in [6, 6.07) is 21.6. The number of rotatable bonds is 2. The first-order chi connectivity index (χ1) is 12.1. The molecule has 0 unspecified atom stereocenters. The number of aliphatic imine (C=N–C) groups is 1. The molecule has 0 atom stereocenters. The topological polar surface area (TPSA) is 52.9 Å². The van der Waals surface area contributed by atoms with Crippen LogP contribution in [0.15, 0.2) is 82.3 Å². The van der Waals surface area contributed by atoms with E-state index in [0.29, 0.717) is 17.1 Å². The van der Waals surface area contributed by atoms with Crippen LogP contribution in [0.2, 0.25) is 0 Å². The molecular formula is C20H13BrN2O2. The summed E-state index contributed by atoms with van der Waals surface area (Å²) in [4.78, 5) is 19.2. The lowest BCUT2D eigenvalue weighted by Crippen LogP contribution is -2.25. The Morgan fingerprint density at radius 3 is 2.28 bits per heavy atom. The van der Waals surface area contributed by atoms with Crippen molar-refractivity contribution in [1.29, 1.82) is 0 Å². The van der Waals surface area contributed by atoms with Crippen molar-refractivity contribution >= 4 is 44.6 Å². The molecule has 1 aliphatic rings. The van der Waals surface area contributed by atoms with E-state index in [1.165, 1.54) is 0 Å². The number of carbonyl (C=O) groups excluding carboxylic acids is 1. The van der Waals surface area contributed by atoms with Gasteiger partial charge >= 0.3 is 0 Å². The molecule has 0 saturated carbocycles. The Kier molecular flexibility index (Phi) is 3.86. The average Bonchev–Trinajstić information content (AvgIpc) is 2.90. The molecule has 0 saturated heterocycles. The molecule has 3 aromatic carbocycles. The number of phenolic OH excluding ortho intramolecular Hbond substituents is 1. The van der Waals surface area contributed by atoms with Crippen molar-refractivity contribution in [1.82, 2.24) is 0 Å². The van der Waals surface area contributed by atoms with Gasteiger partial charge in [-0.25, -0.2) is 4.99 Å². The van der Waals surface area contributed by atoms with Crippen molar-refractivity contribution < 1.29 is 9.90 Å². The lowest BCUT2D eigenvalue weighted by molar-refractivity contribution is -0.111. The number of nitrogens with zero attached hydrogens (tertiary/aromatic N) is 2. The summed E-state index contributed by atoms with van der Waals surface area (Å²) < 4.78 is 0.959. The fraction of sp³-hybridized carbons (Fsp3) is 0. The first-order valence-electron chi connectivity index (χ1n) is 7.70. The molecule has 0 radical (unpaired) electrons. The molecular weight excluding hydrogens is 380 g/mol. The molecule has 0 spiro atoms. The van der Waals surface area contributed by atoms with Gasteiger partial charge in [0.15, 0.2) is 0 Å². The van der Waals surface area contributed by atoms with E-state index >= 15 is 0 Å². The lowest BCUT2D eigenvalue weighted by atomic mass is 10.1. The van der Waals surface area contributed by atoms with E-state index in [9.17, 15) is 9.90 Å². The van der Waals surface area contributed by atoms with Crippen molar-refractivity contribution in [2.45, 2.75) is 0 Å². The van der Waals surface area contributed by atoms with E-state index in [1.807, 2.05) is 48.5 Å². The van der Waals surface area contributed by atoms with Gasteiger partial charge in [-0.1, -0.05) is 34.1 Å². The summed E-state index contributed by atoms with van der Waals surface area (Å²) in [6.07, 6.45) is 0. The van der Waals surface area contributed by atoms with Crippen LogP contribution >= 0.6 is 15.9 Å². The number of aromatic hydroxyl groups is 1. The summed E-state index contributed by atoms with van der Waals surface area (Å²) in [5, 5.41) is 9.50. The minimum absolute atomic E-state index is 0.160. The van der Waals surface area contributed by atoms with Gasteiger partial charge in [-0.2, -0.15) is 0 Å². The number of hydrogen-bond donors (Lipinski definition) is 1. The van der Waals surface area contributed by atoms with Crippen molar-refractivity contribution in [2.24, 2.45) is 4.99 Å². The Labute approximate surface area is 153 Å². The number of amides is 1. The molecule has 0 fully saturated rings. The minimum atomic E-state index is -0.185. The van der Waals surface area contributed by atoms with Gasteiger partial charge in [-0.05, 0) is 54.6 Å². The standard InChI is InChI=1S/C20H13BrN2O2/c21-13-5-7-14(8-6-13)22-19-17-3-1-2-4-18(17)23(20(19)25)15-9-11-16(24)12-10-15/h1-12,24H. The second-order valence-corrected chi connectivity index (χ2v) is 6.53. The Bertz CT molecular complexity index is 979. The Morgan fingerprint density at radius 2 is 1.56 bits per heavy atom. The van der Waals surface area contributed by atoms with Crippen LogP contribution < -0.4 is 4.90 Å². The van der Waals surface area contributed by atoms with Crippen molar-refractivity contribution in [3.05, 3.63) is 82.8 Å². The summed E-state index contributed by atoms with van der Waals surface area (Å²) in [5.41, 5.74) is 3.40. The fourth-order valence-electron chi connectivity index (χ4n) is 2.81. The van der Waals surface area contributed by atoms with Gasteiger partial charge in [0, 0.05) is 15.7 Å². The molecule has 0 bridgehead atoms. The fourth-order valence-corrected chi connectivity index (χ4v) is 3.07. The first kappa shape index (κ1) is 15.6. The number of phenols is 1. The van der Waals surface area contributed by atoms with Crippen LogP contribution in [-0.2, 0) is 4.79 Å². The first-order valence-corrected chi connectivity index (χ1v) is 8.50. The lowest BCUT2D eigenvalue weighted by Gasteiger charge is -2.16. The van der Waals surface area contributed by atoms with E-state index in [0.717, 1.165) is 15.7 Å². The zero-order valence-electron chi connectivity index (χ0n) is 13.1. The van der Waals surface area contributed by atoms with Crippen molar-refractivity contribution in [3.8, 4) is 5.75 Å². The number of para-hydroxylation sites is 1. The largest absolute Gasteiger partial charge is 0.508 e. The van der Waals surface area contributed by atoms with Gasteiger partial charge in [-0.15, -0.1) is 0 Å². The van der Waals surface area contributed by atoms with Gasteiger partial charge in [0.05, 0.1) is 11.4 Å². The molecule has 4 nitrogen and oxygen atoms in total. The van der Waals surface area contributed by atoms with Crippen molar-refractivity contribution in [3.63, 3.8) is 0 Å². The van der Waals surface area contributed by atoms with E-state index in [1.54, 1.807) is 29.2 Å². The van der Waals surface area contributed by atoms with Crippen LogP contribution in [0.1, 0.15) is 5.56 Å². The van der Waals surface area contributed by atoms with Gasteiger partial charge in [0.2, 0.25) is 0 Å². The summed E-state index contributed by atoms with van der Waals surface area (Å²) >= 11 is 3.40. The highest BCUT2D eigenvalue weighted by Crippen LogP contribution is 2.37. The number of halogens is 1. The minimum Gasteiger partial charge on any atom is -0.508 e. The van der Waals surface area contributed by atoms with Crippen LogP contribution in [0.25, 0.3) is 0 Å². The zero-order chi connectivity index (χ0) is 17.4. The molecule has 1 N–H and O–H groups in total. The molecule has 5 heteroatoms. The second-order valence-electron chi connectivity index (χ2n) is 5.61. The van der Waals surface area contributed by atoms with Gasteiger partial charge in [-0.3, -0.25) is 9.69 Å². The predicted octanol–water partition coefficient (Wildman–Crippen LogP) is 4.95. The maximum absolute atomic E-state index is 13.0. The molecule has 1 aliphatic heterocycles. The maximum Gasteiger partial charge on any atom is 0.282 e. The van der Waals surface area contributed by atoms with Crippen LogP contribution in [0.5, 0.6) is 5.75 Å². The molecule has 25 heavy (non-hydrogen) atoms. The smallest absolute Gasteiger partial charge is 0.282 e. The van der Waals surface area contributed by atoms with Gasteiger partial charge in [0.1, 0.15) is 11.5 Å². The van der Waals surface area contributed by atoms with E-state index in [2.05, 4.69) is 20.9 Å². The summed E-state index contributed by atoms with van der Waals surface area (Å²) in [5.74, 6) is -0.0257. The highest BCUT2D eigenvalue weighted by atomic mass is 79.9. The number of fused-ring (bicyclic) bond motifs is 1. The zero-order valence-corrected chi connectivity index (χ0v) is 14.6. The number of benzene rings is 3. The molecule has 1 amide bonds. The predicted molar refractivity (Wildman–Crippen MR) is 102 cm³/mol. The third-order valence-electron chi connectivity index (χ3n) is 3.98. The molecule has 0 aromatic heterocycles. The third-order valence-corrected chi connectivity index (χ3v) is 4.51. The van der Waals surface area contributed by atoms with Gasteiger partial charge < -0.3 is 5.11 Å². The normalized spacial score (nSPS) is 14.8. The van der Waals surface area contributed by atoms with Crippen LogP contribution in [-0.4, -0.2) is 16.7 Å². The summed E-state index contributed by atoms with van der Waals surface area (Å²) in [7, 11) is 0. The van der Waals surface area contributed by atoms with Crippen LogP contribution in [0.4, 0.5) is 17.1 Å². The molecule has 122 valence electrons. The molecule has 3 aromatic rings. The van der Waals surface area contributed by atoms with E-state index in [4.69, 9.17) is 0 Å². The quantitative estimate of drug-likeness (QED) is 0.670. The third kappa shape index (κ3) is 2.83. The van der Waals surface area contributed by atoms with Gasteiger partial charge in [0.25, 0.3) is 5.91 Å². The summed E-state index contributed by atoms with van der Waals surface area (Å²) in [6.45, 7) is 0. The second kappa shape index (κ2) is 6.18. The Hall–Kier alpha value is -2.92. The average molecular weight is 393 g/mol. The monoisotopic (exact) mass is 392 g/mol. The SMILES string of the molecule is O=C1C(=Nc2ccc(Br)cc2)c2ccccc2N1c1ccc(O)cc1. The van der Waals surface area contributed by atoms with E-state index in [-0.39, 0.29) is 11.7 Å². The Morgan fingerprint density at radius 1 is 0.880 bits per heavy atom.